The van der Waals surface area contributed by atoms with Gasteiger partial charge in [0.05, 0.1) is 6.10 Å². The molecule has 0 radical (unpaired) electrons. The van der Waals surface area contributed by atoms with Crippen molar-refractivity contribution in [3.63, 3.8) is 0 Å². The summed E-state index contributed by atoms with van der Waals surface area (Å²) in [6, 6.07) is 8.49. The van der Waals surface area contributed by atoms with Crippen LogP contribution in [0, 0.1) is 0 Å². The molecule has 1 aromatic rings. The minimum Gasteiger partial charge on any atom is -0.491 e. The fraction of sp³-hybridized carbons (Fsp3) is 0.538. The van der Waals surface area contributed by atoms with Crippen LogP contribution in [-0.4, -0.2) is 18.7 Å². The van der Waals surface area contributed by atoms with E-state index in [-0.39, 0.29) is 6.10 Å². The van der Waals surface area contributed by atoms with Gasteiger partial charge in [-0.1, -0.05) is 12.1 Å². The predicted octanol–water partition coefficient (Wildman–Crippen LogP) is 1.91. The zero-order valence-electron chi connectivity index (χ0n) is 10.4. The molecule has 1 aromatic carbocycles. The average molecular weight is 222 g/mol. The molecule has 0 aliphatic carbocycles. The maximum atomic E-state index is 5.64. The molecular formula is C13H22N2O. The lowest BCUT2D eigenvalue weighted by Gasteiger charge is -2.13. The Kier molecular flexibility index (Phi) is 5.29. The molecule has 0 aromatic heterocycles. The molecule has 0 aliphatic heterocycles. The van der Waals surface area contributed by atoms with E-state index in [0.717, 1.165) is 12.3 Å². The third kappa shape index (κ3) is 4.64. The van der Waals surface area contributed by atoms with Crippen LogP contribution in [0.2, 0.25) is 0 Å². The van der Waals surface area contributed by atoms with Gasteiger partial charge in [0, 0.05) is 19.1 Å². The summed E-state index contributed by atoms with van der Waals surface area (Å²) >= 11 is 0. The van der Waals surface area contributed by atoms with Crippen molar-refractivity contribution in [1.82, 2.24) is 5.32 Å². The molecule has 0 heterocycles. The number of ether oxygens (including phenoxy) is 1. The summed E-state index contributed by atoms with van der Waals surface area (Å²) in [5.74, 6) is 0.926. The van der Waals surface area contributed by atoms with Crippen LogP contribution in [0.4, 0.5) is 0 Å². The van der Waals surface area contributed by atoms with Crippen LogP contribution < -0.4 is 15.8 Å². The summed E-state index contributed by atoms with van der Waals surface area (Å²) in [7, 11) is 0. The number of hydrogen-bond acceptors (Lipinski definition) is 3. The Hall–Kier alpha value is -1.06. The summed E-state index contributed by atoms with van der Waals surface area (Å²) in [5, 5.41) is 3.35. The molecule has 3 nitrogen and oxygen atoms in total. The molecule has 16 heavy (non-hydrogen) atoms. The number of benzene rings is 1. The molecular weight excluding hydrogens is 200 g/mol. The third-order valence-corrected chi connectivity index (χ3v) is 2.28. The molecule has 0 saturated carbocycles. The van der Waals surface area contributed by atoms with Crippen LogP contribution in [0.3, 0.4) is 0 Å². The number of rotatable bonds is 6. The molecule has 0 spiro atoms. The van der Waals surface area contributed by atoms with Crippen molar-refractivity contribution in [2.75, 3.05) is 6.54 Å². The Balaban J connectivity index is 2.53. The topological polar surface area (TPSA) is 47.3 Å². The van der Waals surface area contributed by atoms with Gasteiger partial charge in [-0.15, -0.1) is 0 Å². The van der Waals surface area contributed by atoms with E-state index < -0.39 is 0 Å². The molecule has 0 amide bonds. The van der Waals surface area contributed by atoms with Crippen molar-refractivity contribution in [2.45, 2.75) is 39.5 Å². The van der Waals surface area contributed by atoms with E-state index in [9.17, 15) is 0 Å². The van der Waals surface area contributed by atoms with Crippen molar-refractivity contribution >= 4 is 0 Å². The van der Waals surface area contributed by atoms with Crippen LogP contribution in [0.15, 0.2) is 24.3 Å². The van der Waals surface area contributed by atoms with Gasteiger partial charge in [-0.2, -0.15) is 0 Å². The van der Waals surface area contributed by atoms with Crippen molar-refractivity contribution in [2.24, 2.45) is 5.73 Å². The Morgan fingerprint density at radius 2 is 2.06 bits per heavy atom. The zero-order valence-corrected chi connectivity index (χ0v) is 10.4. The van der Waals surface area contributed by atoms with Gasteiger partial charge in [-0.25, -0.2) is 0 Å². The summed E-state index contributed by atoms with van der Waals surface area (Å²) in [5.41, 5.74) is 6.77. The van der Waals surface area contributed by atoms with Crippen molar-refractivity contribution in [1.29, 1.82) is 0 Å². The van der Waals surface area contributed by atoms with Gasteiger partial charge in [-0.05, 0) is 38.5 Å². The SMILES string of the molecule is CC(CN)NCc1cccc(OC(C)C)c1. The molecule has 0 aliphatic rings. The van der Waals surface area contributed by atoms with Gasteiger partial charge in [-0.3, -0.25) is 0 Å². The van der Waals surface area contributed by atoms with Crippen molar-refractivity contribution in [3.8, 4) is 5.75 Å². The second-order valence-electron chi connectivity index (χ2n) is 4.33. The van der Waals surface area contributed by atoms with E-state index >= 15 is 0 Å². The lowest BCUT2D eigenvalue weighted by Crippen LogP contribution is -2.32. The highest BCUT2D eigenvalue weighted by molar-refractivity contribution is 5.28. The van der Waals surface area contributed by atoms with Crippen LogP contribution in [0.5, 0.6) is 5.75 Å². The largest absolute Gasteiger partial charge is 0.491 e. The molecule has 1 unspecified atom stereocenters. The first-order valence-corrected chi connectivity index (χ1v) is 5.81. The second-order valence-corrected chi connectivity index (χ2v) is 4.33. The maximum absolute atomic E-state index is 5.64. The molecule has 3 N–H and O–H groups in total. The van der Waals surface area contributed by atoms with Crippen molar-refractivity contribution in [3.05, 3.63) is 29.8 Å². The molecule has 90 valence electrons. The summed E-state index contributed by atoms with van der Waals surface area (Å²) in [6.07, 6.45) is 0.214. The van der Waals surface area contributed by atoms with Gasteiger partial charge < -0.3 is 15.8 Å². The second kappa shape index (κ2) is 6.51. The summed E-state index contributed by atoms with van der Waals surface area (Å²) < 4.78 is 5.64. The first-order chi connectivity index (χ1) is 7.61. The fourth-order valence-corrected chi connectivity index (χ4v) is 1.38. The monoisotopic (exact) mass is 222 g/mol. The van der Waals surface area contributed by atoms with E-state index in [1.54, 1.807) is 0 Å². The Bertz CT molecular complexity index is 313. The van der Waals surface area contributed by atoms with Gasteiger partial charge in [0.25, 0.3) is 0 Å². The lowest BCUT2D eigenvalue weighted by atomic mass is 10.2. The Morgan fingerprint density at radius 1 is 1.31 bits per heavy atom. The van der Waals surface area contributed by atoms with E-state index in [2.05, 4.69) is 24.4 Å². The molecule has 0 fully saturated rings. The van der Waals surface area contributed by atoms with E-state index in [1.165, 1.54) is 5.56 Å². The van der Waals surface area contributed by atoms with Gasteiger partial charge in [0.2, 0.25) is 0 Å². The lowest BCUT2D eigenvalue weighted by molar-refractivity contribution is 0.242. The highest BCUT2D eigenvalue weighted by atomic mass is 16.5. The van der Waals surface area contributed by atoms with Crippen LogP contribution >= 0.6 is 0 Å². The van der Waals surface area contributed by atoms with Gasteiger partial charge >= 0.3 is 0 Å². The fourth-order valence-electron chi connectivity index (χ4n) is 1.38. The van der Waals surface area contributed by atoms with E-state index in [0.29, 0.717) is 12.6 Å². The summed E-state index contributed by atoms with van der Waals surface area (Å²) in [6.45, 7) is 7.62. The number of nitrogens with one attached hydrogen (secondary N) is 1. The van der Waals surface area contributed by atoms with Crippen molar-refractivity contribution < 1.29 is 4.74 Å². The predicted molar refractivity (Wildman–Crippen MR) is 67.6 cm³/mol. The van der Waals surface area contributed by atoms with Crippen LogP contribution in [0.1, 0.15) is 26.3 Å². The maximum Gasteiger partial charge on any atom is 0.120 e. The Morgan fingerprint density at radius 3 is 2.69 bits per heavy atom. The molecule has 0 bridgehead atoms. The van der Waals surface area contributed by atoms with E-state index in [1.807, 2.05) is 26.0 Å². The van der Waals surface area contributed by atoms with Crippen LogP contribution in [-0.2, 0) is 6.54 Å². The molecule has 1 atom stereocenters. The van der Waals surface area contributed by atoms with Gasteiger partial charge in [0.15, 0.2) is 0 Å². The Labute approximate surface area is 98.0 Å². The molecule has 1 rings (SSSR count). The molecule has 0 saturated heterocycles. The highest BCUT2D eigenvalue weighted by Crippen LogP contribution is 2.14. The quantitative estimate of drug-likeness (QED) is 0.773. The summed E-state index contributed by atoms with van der Waals surface area (Å²) in [4.78, 5) is 0. The minimum absolute atomic E-state index is 0.214. The normalized spacial score (nSPS) is 12.8. The number of hydrogen-bond donors (Lipinski definition) is 2. The molecule has 3 heteroatoms. The third-order valence-electron chi connectivity index (χ3n) is 2.28. The smallest absolute Gasteiger partial charge is 0.120 e. The van der Waals surface area contributed by atoms with Crippen LogP contribution in [0.25, 0.3) is 0 Å². The average Bonchev–Trinajstić information content (AvgIpc) is 2.25. The number of nitrogens with two attached hydrogens (primary N) is 1. The first-order valence-electron chi connectivity index (χ1n) is 5.81. The standard InChI is InChI=1S/C13H22N2O/c1-10(2)16-13-6-4-5-12(7-13)9-15-11(3)8-14/h4-7,10-11,15H,8-9,14H2,1-3H3. The highest BCUT2D eigenvalue weighted by Gasteiger charge is 2.01. The van der Waals surface area contributed by atoms with Gasteiger partial charge in [0.1, 0.15) is 5.75 Å². The zero-order chi connectivity index (χ0) is 12.0. The first kappa shape index (κ1) is 13.0. The van der Waals surface area contributed by atoms with E-state index in [4.69, 9.17) is 10.5 Å². The minimum atomic E-state index is 0.214.